The fourth-order valence-electron chi connectivity index (χ4n) is 3.01. The summed E-state index contributed by atoms with van der Waals surface area (Å²) in [6.07, 6.45) is 6.58. The topological polar surface area (TPSA) is 0 Å². The van der Waals surface area contributed by atoms with Crippen molar-refractivity contribution < 1.29 is 4.48 Å². The van der Waals surface area contributed by atoms with Crippen LogP contribution in [0.25, 0.3) is 0 Å². The van der Waals surface area contributed by atoms with Crippen molar-refractivity contribution in [1.29, 1.82) is 0 Å². The molecule has 0 aromatic rings. The molecule has 1 unspecified atom stereocenters. The standard InChI is InChI=1S/C14H32N/c1-7-11-14(5,10-4)15(6,12-8-2)13-9-3/h7-13H2,1-6H3/q+1. The third kappa shape index (κ3) is 3.48. The molecular formula is C14H32N+. The van der Waals surface area contributed by atoms with Crippen molar-refractivity contribution in [2.24, 2.45) is 0 Å². The first-order valence-corrected chi connectivity index (χ1v) is 6.84. The first-order valence-electron chi connectivity index (χ1n) is 6.84. The number of quaternary nitrogens is 1. The number of hydrogen-bond acceptors (Lipinski definition) is 0. The lowest BCUT2D eigenvalue weighted by Crippen LogP contribution is -2.60. The summed E-state index contributed by atoms with van der Waals surface area (Å²) in [6.45, 7) is 14.5. The summed E-state index contributed by atoms with van der Waals surface area (Å²) in [7, 11) is 2.46. The first-order chi connectivity index (χ1) is 6.99. The van der Waals surface area contributed by atoms with Gasteiger partial charge in [-0.15, -0.1) is 0 Å². The number of hydrogen-bond donors (Lipinski definition) is 0. The fraction of sp³-hybridized carbons (Fsp3) is 1.00. The second kappa shape index (κ2) is 6.52. The second-order valence-corrected chi connectivity index (χ2v) is 5.44. The van der Waals surface area contributed by atoms with Crippen molar-refractivity contribution in [3.05, 3.63) is 0 Å². The van der Waals surface area contributed by atoms with Crippen molar-refractivity contribution in [3.8, 4) is 0 Å². The zero-order valence-corrected chi connectivity index (χ0v) is 11.9. The molecule has 0 amide bonds. The second-order valence-electron chi connectivity index (χ2n) is 5.44. The van der Waals surface area contributed by atoms with Crippen molar-refractivity contribution in [2.45, 2.75) is 72.3 Å². The molecular weight excluding hydrogens is 182 g/mol. The molecule has 92 valence electrons. The molecule has 0 aliphatic carbocycles. The Kier molecular flexibility index (Phi) is 6.51. The highest BCUT2D eigenvalue weighted by atomic mass is 15.4. The van der Waals surface area contributed by atoms with Gasteiger partial charge in [-0.25, -0.2) is 0 Å². The van der Waals surface area contributed by atoms with Crippen LogP contribution in [0.2, 0.25) is 0 Å². The Morgan fingerprint density at radius 2 is 1.33 bits per heavy atom. The highest BCUT2D eigenvalue weighted by Crippen LogP contribution is 2.32. The van der Waals surface area contributed by atoms with E-state index < -0.39 is 0 Å². The van der Waals surface area contributed by atoms with Gasteiger partial charge in [-0.1, -0.05) is 34.1 Å². The summed E-state index contributed by atoms with van der Waals surface area (Å²) in [5.74, 6) is 0. The lowest BCUT2D eigenvalue weighted by Gasteiger charge is -2.49. The third-order valence-corrected chi connectivity index (χ3v) is 4.29. The highest BCUT2D eigenvalue weighted by Gasteiger charge is 2.40. The molecule has 0 heterocycles. The van der Waals surface area contributed by atoms with E-state index in [2.05, 4.69) is 41.7 Å². The first kappa shape index (κ1) is 15.0. The molecule has 1 nitrogen and oxygen atoms in total. The molecule has 0 saturated heterocycles. The van der Waals surface area contributed by atoms with Gasteiger partial charge in [0.05, 0.1) is 25.7 Å². The van der Waals surface area contributed by atoms with E-state index in [1.165, 1.54) is 49.7 Å². The monoisotopic (exact) mass is 214 g/mol. The summed E-state index contributed by atoms with van der Waals surface area (Å²) in [6, 6.07) is 0. The molecule has 0 saturated carbocycles. The van der Waals surface area contributed by atoms with Crippen LogP contribution in [-0.2, 0) is 0 Å². The molecule has 0 fully saturated rings. The Morgan fingerprint density at radius 3 is 1.60 bits per heavy atom. The van der Waals surface area contributed by atoms with Crippen molar-refractivity contribution in [1.82, 2.24) is 0 Å². The van der Waals surface area contributed by atoms with Gasteiger partial charge in [0.15, 0.2) is 0 Å². The van der Waals surface area contributed by atoms with E-state index in [1.54, 1.807) is 0 Å². The van der Waals surface area contributed by atoms with E-state index in [4.69, 9.17) is 0 Å². The van der Waals surface area contributed by atoms with Crippen LogP contribution in [0.3, 0.4) is 0 Å². The van der Waals surface area contributed by atoms with Gasteiger partial charge < -0.3 is 4.48 Å². The maximum absolute atomic E-state index is 2.49. The van der Waals surface area contributed by atoms with Gasteiger partial charge in [0, 0.05) is 6.42 Å². The van der Waals surface area contributed by atoms with Crippen LogP contribution in [0, 0.1) is 0 Å². The summed E-state index contributed by atoms with van der Waals surface area (Å²) in [5.41, 5.74) is 0.487. The summed E-state index contributed by atoms with van der Waals surface area (Å²) in [5, 5.41) is 0. The average molecular weight is 214 g/mol. The van der Waals surface area contributed by atoms with Gasteiger partial charge in [0.25, 0.3) is 0 Å². The molecule has 0 rings (SSSR count). The van der Waals surface area contributed by atoms with Crippen LogP contribution in [0.15, 0.2) is 0 Å². The van der Waals surface area contributed by atoms with Crippen LogP contribution >= 0.6 is 0 Å². The van der Waals surface area contributed by atoms with E-state index >= 15 is 0 Å². The van der Waals surface area contributed by atoms with E-state index in [0.717, 1.165) is 0 Å². The van der Waals surface area contributed by atoms with Gasteiger partial charge in [0.1, 0.15) is 0 Å². The molecule has 15 heavy (non-hydrogen) atoms. The molecule has 1 atom stereocenters. The molecule has 1 heteroatoms. The van der Waals surface area contributed by atoms with Crippen LogP contribution < -0.4 is 0 Å². The summed E-state index contributed by atoms with van der Waals surface area (Å²) >= 11 is 0. The van der Waals surface area contributed by atoms with Gasteiger partial charge in [-0.2, -0.15) is 0 Å². The van der Waals surface area contributed by atoms with E-state index in [9.17, 15) is 0 Å². The average Bonchev–Trinajstić information content (AvgIpc) is 2.18. The molecule has 0 bridgehead atoms. The maximum atomic E-state index is 2.49. The van der Waals surface area contributed by atoms with Gasteiger partial charge in [0.2, 0.25) is 0 Å². The predicted molar refractivity (Wildman–Crippen MR) is 70.1 cm³/mol. The highest BCUT2D eigenvalue weighted by molar-refractivity contribution is 4.74. The van der Waals surface area contributed by atoms with E-state index in [0.29, 0.717) is 5.54 Å². The molecule has 0 radical (unpaired) electrons. The van der Waals surface area contributed by atoms with Crippen LogP contribution in [-0.4, -0.2) is 30.2 Å². The Morgan fingerprint density at radius 1 is 0.867 bits per heavy atom. The zero-order chi connectivity index (χ0) is 11.9. The van der Waals surface area contributed by atoms with Crippen molar-refractivity contribution in [3.63, 3.8) is 0 Å². The fourth-order valence-corrected chi connectivity index (χ4v) is 3.01. The molecule has 0 aliphatic heterocycles. The summed E-state index contributed by atoms with van der Waals surface area (Å²) < 4.78 is 1.27. The predicted octanol–water partition coefficient (Wildman–Crippen LogP) is 4.22. The lowest BCUT2D eigenvalue weighted by molar-refractivity contribution is -0.958. The maximum Gasteiger partial charge on any atom is 0.0959 e. The summed E-state index contributed by atoms with van der Waals surface area (Å²) in [4.78, 5) is 0. The number of rotatable bonds is 8. The minimum Gasteiger partial charge on any atom is -0.321 e. The lowest BCUT2D eigenvalue weighted by atomic mass is 9.87. The SMILES string of the molecule is CCCC(C)(CC)[N+](C)(CCC)CCC. The quantitative estimate of drug-likeness (QED) is 0.531. The Labute approximate surface area is 97.5 Å². The van der Waals surface area contributed by atoms with Crippen molar-refractivity contribution in [2.75, 3.05) is 20.1 Å². The minimum atomic E-state index is 0.487. The smallest absolute Gasteiger partial charge is 0.0959 e. The normalized spacial score (nSPS) is 16.4. The minimum absolute atomic E-state index is 0.487. The van der Waals surface area contributed by atoms with E-state index in [1.807, 2.05) is 0 Å². The Bertz CT molecular complexity index is 159. The van der Waals surface area contributed by atoms with Crippen LogP contribution in [0.4, 0.5) is 0 Å². The van der Waals surface area contributed by atoms with E-state index in [-0.39, 0.29) is 0 Å². The molecule has 0 aromatic carbocycles. The number of nitrogens with zero attached hydrogens (tertiary/aromatic N) is 1. The van der Waals surface area contributed by atoms with Crippen molar-refractivity contribution >= 4 is 0 Å². The van der Waals surface area contributed by atoms with Crippen LogP contribution in [0.1, 0.15) is 66.7 Å². The molecule has 0 N–H and O–H groups in total. The Hall–Kier alpha value is -0.0400. The third-order valence-electron chi connectivity index (χ3n) is 4.29. The largest absolute Gasteiger partial charge is 0.321 e. The molecule has 0 aromatic heterocycles. The van der Waals surface area contributed by atoms with Crippen LogP contribution in [0.5, 0.6) is 0 Å². The molecule has 0 aliphatic rings. The van der Waals surface area contributed by atoms with Gasteiger partial charge >= 0.3 is 0 Å². The zero-order valence-electron chi connectivity index (χ0n) is 11.9. The molecule has 0 spiro atoms. The van der Waals surface area contributed by atoms with Gasteiger partial charge in [-0.3, -0.25) is 0 Å². The van der Waals surface area contributed by atoms with Gasteiger partial charge in [-0.05, 0) is 26.2 Å². The Balaban J connectivity index is 4.81.